The van der Waals surface area contributed by atoms with E-state index in [1.807, 2.05) is 0 Å². The van der Waals surface area contributed by atoms with Gasteiger partial charge in [0, 0.05) is 17.5 Å². The van der Waals surface area contributed by atoms with Crippen LogP contribution in [0.15, 0.2) is 41.0 Å². The summed E-state index contributed by atoms with van der Waals surface area (Å²) in [7, 11) is -5.03. The van der Waals surface area contributed by atoms with Crippen molar-refractivity contribution >= 4 is 56.1 Å². The Labute approximate surface area is 251 Å². The Morgan fingerprint density at radius 3 is 2.52 bits per heavy atom. The molecule has 0 aliphatic carbocycles. The fraction of sp³-hybridized carbons (Fsp3) is 0.273. The van der Waals surface area contributed by atoms with Crippen molar-refractivity contribution in [3.63, 3.8) is 0 Å². The normalized spacial score (nSPS) is 17.5. The molecule has 2 amide bonds. The van der Waals surface area contributed by atoms with E-state index in [1.54, 1.807) is 0 Å². The van der Waals surface area contributed by atoms with E-state index in [0.717, 1.165) is 16.1 Å². The van der Waals surface area contributed by atoms with Gasteiger partial charge in [-0.1, -0.05) is 5.16 Å². The van der Waals surface area contributed by atoms with Crippen molar-refractivity contribution in [2.45, 2.75) is 31.3 Å². The largest absolute Gasteiger partial charge is 0.489 e. The van der Waals surface area contributed by atoms with Gasteiger partial charge in [0.05, 0.1) is 18.4 Å². The number of nitrogens with one attached hydrogen (secondary N) is 2. The smallest absolute Gasteiger partial charge is 0.362 e. The van der Waals surface area contributed by atoms with Crippen LogP contribution in [0, 0.1) is 5.41 Å². The Morgan fingerprint density at radius 2 is 1.98 bits per heavy atom. The molecule has 20 nitrogen and oxygen atoms in total. The van der Waals surface area contributed by atoms with Gasteiger partial charge in [-0.25, -0.2) is 14.1 Å². The molecule has 2 aromatic heterocycles. The van der Waals surface area contributed by atoms with Crippen LogP contribution in [0.4, 0.5) is 5.13 Å². The number of carbonyl (C=O) groups excluding carboxylic acids is 2. The van der Waals surface area contributed by atoms with Crippen LogP contribution in [0.3, 0.4) is 0 Å². The Hall–Kier alpha value is -5.19. The molecule has 44 heavy (non-hydrogen) atoms. The molecule has 1 aliphatic heterocycles. The van der Waals surface area contributed by atoms with Crippen LogP contribution in [0.25, 0.3) is 0 Å². The second kappa shape index (κ2) is 13.0. The molecule has 234 valence electrons. The first-order valence-corrected chi connectivity index (χ1v) is 14.5. The number of thiazole rings is 1. The zero-order chi connectivity index (χ0) is 32.2. The molecule has 10 N–H and O–H groups in total. The van der Waals surface area contributed by atoms with Crippen molar-refractivity contribution in [2.75, 3.05) is 12.3 Å². The van der Waals surface area contributed by atoms with Gasteiger partial charge in [0.2, 0.25) is 0 Å². The van der Waals surface area contributed by atoms with Gasteiger partial charge in [-0.3, -0.25) is 19.6 Å². The number of β-lactam (4-membered cyclic amide) rings is 1. The zero-order valence-corrected chi connectivity index (χ0v) is 23.9. The van der Waals surface area contributed by atoms with Gasteiger partial charge in [-0.15, -0.1) is 11.3 Å². The minimum absolute atomic E-state index is 0.0169. The lowest BCUT2D eigenvalue weighted by Crippen LogP contribution is -2.73. The highest BCUT2D eigenvalue weighted by Gasteiger charge is 2.54. The molecular weight excluding hydrogens is 626 g/mol. The van der Waals surface area contributed by atoms with E-state index in [-0.39, 0.29) is 39.8 Å². The van der Waals surface area contributed by atoms with Crippen LogP contribution in [0.1, 0.15) is 17.0 Å². The number of nitrogens with two attached hydrogens (primary N) is 3. The molecule has 0 radical (unpaired) electrons. The van der Waals surface area contributed by atoms with Gasteiger partial charge in [0.1, 0.15) is 36.0 Å². The molecule has 1 saturated heterocycles. The number of carboxylic acid groups (broad SMARTS) is 1. The number of amidine groups is 1. The van der Waals surface area contributed by atoms with Crippen LogP contribution in [0.5, 0.6) is 5.75 Å². The van der Waals surface area contributed by atoms with E-state index in [4.69, 9.17) is 32.2 Å². The number of aliphatic carboxylic acids is 1. The highest BCUT2D eigenvalue weighted by Crippen LogP contribution is 2.25. The lowest BCUT2D eigenvalue weighted by molar-refractivity contribution is -0.152. The highest BCUT2D eigenvalue weighted by molar-refractivity contribution is 7.84. The van der Waals surface area contributed by atoms with Crippen molar-refractivity contribution < 1.29 is 42.0 Å². The predicted molar refractivity (Wildman–Crippen MR) is 151 cm³/mol. The minimum atomic E-state index is -5.03. The number of carboxylic acids is 1. The van der Waals surface area contributed by atoms with E-state index in [0.29, 0.717) is 11.3 Å². The summed E-state index contributed by atoms with van der Waals surface area (Å²) in [6, 6.07) is 2.99. The number of amides is 2. The number of hydrogen-bond donors (Lipinski definition) is 7. The number of hydrogen-bond acceptors (Lipinski definition) is 15. The second-order valence-corrected chi connectivity index (χ2v) is 11.1. The first-order valence-electron chi connectivity index (χ1n) is 12.2. The molecule has 0 spiro atoms. The first-order chi connectivity index (χ1) is 20.8. The fourth-order valence-electron chi connectivity index (χ4n) is 3.80. The number of ether oxygens (including phenoxy) is 1. The van der Waals surface area contributed by atoms with Gasteiger partial charge in [-0.2, -0.15) is 23.4 Å². The SMILES string of the molecule is N=C(N)c1ccc(OCC(ON=C(C(=O)NC2C(=O)N(S(=O)(=O)O)C2Cn2ncc(CN)n2)c2csc(N)n2)C(=O)O)cc1. The predicted octanol–water partition coefficient (Wildman–Crippen LogP) is -2.49. The second-order valence-electron chi connectivity index (χ2n) is 8.92. The Kier molecular flexibility index (Phi) is 9.37. The van der Waals surface area contributed by atoms with E-state index in [9.17, 15) is 32.5 Å². The number of oxime groups is 1. The summed E-state index contributed by atoms with van der Waals surface area (Å²) in [5.41, 5.74) is 16.6. The van der Waals surface area contributed by atoms with Crippen LogP contribution in [-0.4, -0.2) is 96.5 Å². The molecule has 1 aromatic carbocycles. The third-order valence-electron chi connectivity index (χ3n) is 5.94. The standard InChI is InChI=1S/C22H25N11O9S2/c23-5-11-6-27-32(30-11)7-14-17(20(35)33(14)44(38,39)40)29-19(34)16(13-9-43-22(26)28-13)31-42-15(21(36)37)8-41-12-3-1-10(2-4-12)18(24)25/h1-4,6,9,14-15,17H,5,7-8,23H2,(H3,24,25)(H2,26,28)(H,29,34)(H,36,37)(H,38,39,40). The average Bonchev–Trinajstić information content (AvgIpc) is 3.61. The Bertz CT molecular complexity index is 1710. The van der Waals surface area contributed by atoms with E-state index in [1.165, 1.54) is 35.8 Å². The number of carbonyl (C=O) groups is 3. The van der Waals surface area contributed by atoms with E-state index in [2.05, 4.69) is 25.7 Å². The number of nitrogen functional groups attached to an aromatic ring is 2. The average molecular weight is 652 g/mol. The summed E-state index contributed by atoms with van der Waals surface area (Å²) in [6.45, 7) is -0.910. The number of anilines is 1. The monoisotopic (exact) mass is 651 g/mol. The van der Waals surface area contributed by atoms with Crippen LogP contribution in [-0.2, 0) is 42.6 Å². The van der Waals surface area contributed by atoms with Crippen LogP contribution in [0.2, 0.25) is 0 Å². The third-order valence-corrected chi connectivity index (χ3v) is 7.56. The fourth-order valence-corrected chi connectivity index (χ4v) is 5.22. The summed E-state index contributed by atoms with van der Waals surface area (Å²) >= 11 is 0.919. The topological polar surface area (TPSA) is 317 Å². The van der Waals surface area contributed by atoms with Crippen molar-refractivity contribution in [1.82, 2.24) is 29.6 Å². The van der Waals surface area contributed by atoms with Gasteiger partial charge in [-0.05, 0) is 24.3 Å². The first kappa shape index (κ1) is 31.7. The Balaban J connectivity index is 1.53. The summed E-state index contributed by atoms with van der Waals surface area (Å²) in [5.74, 6) is -3.75. The number of aromatic nitrogens is 4. The van der Waals surface area contributed by atoms with Crippen molar-refractivity contribution in [2.24, 2.45) is 16.6 Å². The molecule has 4 rings (SSSR count). The van der Waals surface area contributed by atoms with Crippen LogP contribution >= 0.6 is 11.3 Å². The highest BCUT2D eigenvalue weighted by atomic mass is 32.2. The molecule has 1 fully saturated rings. The number of benzene rings is 1. The summed E-state index contributed by atoms with van der Waals surface area (Å²) in [5, 5.41) is 32.3. The van der Waals surface area contributed by atoms with Crippen molar-refractivity contribution in [1.29, 1.82) is 5.41 Å². The molecule has 3 aromatic rings. The maximum Gasteiger partial charge on any atom is 0.362 e. The lowest BCUT2D eigenvalue weighted by Gasteiger charge is -2.43. The quantitative estimate of drug-likeness (QED) is 0.0312. The molecule has 3 unspecified atom stereocenters. The van der Waals surface area contributed by atoms with Crippen molar-refractivity contribution in [3.8, 4) is 5.75 Å². The minimum Gasteiger partial charge on any atom is -0.489 e. The van der Waals surface area contributed by atoms with Gasteiger partial charge in [0.15, 0.2) is 10.8 Å². The summed E-state index contributed by atoms with van der Waals surface area (Å²) < 4.78 is 38.9. The maximum absolute atomic E-state index is 13.3. The lowest BCUT2D eigenvalue weighted by atomic mass is 9.98. The summed E-state index contributed by atoms with van der Waals surface area (Å²) in [6.07, 6.45) is -0.429. The zero-order valence-electron chi connectivity index (χ0n) is 22.3. The van der Waals surface area contributed by atoms with Gasteiger partial charge < -0.3 is 37.2 Å². The van der Waals surface area contributed by atoms with Crippen molar-refractivity contribution in [3.05, 3.63) is 52.8 Å². The molecule has 3 atom stereocenters. The number of nitrogens with zero attached hydrogens (tertiary/aromatic N) is 6. The van der Waals surface area contributed by atoms with Gasteiger partial charge in [0.25, 0.3) is 17.9 Å². The van der Waals surface area contributed by atoms with E-state index < -0.39 is 58.6 Å². The molecule has 1 aliphatic rings. The molecule has 0 bridgehead atoms. The maximum atomic E-state index is 13.3. The number of rotatable bonds is 14. The van der Waals surface area contributed by atoms with Gasteiger partial charge >= 0.3 is 16.3 Å². The molecule has 3 heterocycles. The summed E-state index contributed by atoms with van der Waals surface area (Å²) in [4.78, 5) is 47.9. The third kappa shape index (κ3) is 7.23. The molecule has 0 saturated carbocycles. The molecule has 22 heteroatoms. The van der Waals surface area contributed by atoms with Crippen LogP contribution < -0.4 is 27.3 Å². The Morgan fingerprint density at radius 1 is 1.27 bits per heavy atom. The van der Waals surface area contributed by atoms with E-state index >= 15 is 0 Å². The molecular formula is C22H25N11O9S2.